The molecule has 1 unspecified atom stereocenters. The van der Waals surface area contributed by atoms with Gasteiger partial charge in [0, 0.05) is 6.20 Å². The van der Waals surface area contributed by atoms with Crippen LogP contribution in [0.4, 0.5) is 4.79 Å². The standard InChI is InChI=1S/C9H11N3O3/c1-6(8(13)12-9(10)14)15-7-3-2-4-11-5-7/h2-6H,1H3,(H3,10,12,13,14). The average molecular weight is 209 g/mol. The van der Waals surface area contributed by atoms with Gasteiger partial charge >= 0.3 is 6.03 Å². The number of hydrogen-bond acceptors (Lipinski definition) is 4. The lowest BCUT2D eigenvalue weighted by molar-refractivity contribution is -0.126. The molecule has 0 saturated heterocycles. The smallest absolute Gasteiger partial charge is 0.318 e. The molecule has 1 heterocycles. The third-order valence-corrected chi connectivity index (χ3v) is 1.56. The fourth-order valence-corrected chi connectivity index (χ4v) is 0.898. The Morgan fingerprint density at radius 2 is 2.33 bits per heavy atom. The van der Waals surface area contributed by atoms with Gasteiger partial charge in [-0.05, 0) is 19.1 Å². The quantitative estimate of drug-likeness (QED) is 0.735. The number of nitrogens with zero attached hydrogens (tertiary/aromatic N) is 1. The molecule has 0 aliphatic heterocycles. The lowest BCUT2D eigenvalue weighted by Crippen LogP contribution is -2.42. The van der Waals surface area contributed by atoms with E-state index in [1.807, 2.05) is 5.32 Å². The Hall–Kier alpha value is -2.11. The van der Waals surface area contributed by atoms with Gasteiger partial charge in [-0.15, -0.1) is 0 Å². The Kier molecular flexibility index (Phi) is 3.61. The summed E-state index contributed by atoms with van der Waals surface area (Å²) >= 11 is 0. The third-order valence-electron chi connectivity index (χ3n) is 1.56. The molecule has 0 spiro atoms. The molecule has 1 rings (SSSR count). The number of nitrogens with one attached hydrogen (secondary N) is 1. The van der Waals surface area contributed by atoms with Crippen LogP contribution in [0.2, 0.25) is 0 Å². The van der Waals surface area contributed by atoms with Crippen LogP contribution < -0.4 is 15.8 Å². The molecule has 0 aromatic carbocycles. The molecule has 1 aromatic rings. The average Bonchev–Trinajstić information content (AvgIpc) is 2.18. The maximum Gasteiger partial charge on any atom is 0.318 e. The van der Waals surface area contributed by atoms with Gasteiger partial charge in [0.25, 0.3) is 5.91 Å². The van der Waals surface area contributed by atoms with Crippen molar-refractivity contribution in [3.63, 3.8) is 0 Å². The summed E-state index contributed by atoms with van der Waals surface area (Å²) in [5.41, 5.74) is 4.79. The number of urea groups is 1. The predicted molar refractivity (Wildman–Crippen MR) is 52.1 cm³/mol. The van der Waals surface area contributed by atoms with Crippen molar-refractivity contribution in [2.45, 2.75) is 13.0 Å². The molecule has 80 valence electrons. The van der Waals surface area contributed by atoms with Gasteiger partial charge in [0.1, 0.15) is 5.75 Å². The number of pyridine rings is 1. The second kappa shape index (κ2) is 4.94. The van der Waals surface area contributed by atoms with Crippen LogP contribution in [-0.4, -0.2) is 23.0 Å². The van der Waals surface area contributed by atoms with Gasteiger partial charge in [-0.25, -0.2) is 4.79 Å². The minimum atomic E-state index is -0.901. The first-order valence-corrected chi connectivity index (χ1v) is 4.26. The largest absolute Gasteiger partial charge is 0.479 e. The summed E-state index contributed by atoms with van der Waals surface area (Å²) in [5, 5.41) is 1.92. The number of ether oxygens (including phenoxy) is 1. The zero-order chi connectivity index (χ0) is 11.3. The number of hydrogen-bond donors (Lipinski definition) is 2. The molecule has 6 heteroatoms. The van der Waals surface area contributed by atoms with Crippen molar-refractivity contribution >= 4 is 11.9 Å². The summed E-state index contributed by atoms with van der Waals surface area (Å²) < 4.78 is 5.19. The number of rotatable bonds is 3. The van der Waals surface area contributed by atoms with E-state index in [0.29, 0.717) is 5.75 Å². The summed E-state index contributed by atoms with van der Waals surface area (Å²) in [6, 6.07) is 2.43. The van der Waals surface area contributed by atoms with Crippen LogP contribution >= 0.6 is 0 Å². The van der Waals surface area contributed by atoms with Gasteiger partial charge in [-0.3, -0.25) is 15.1 Å². The fraction of sp³-hybridized carbons (Fsp3) is 0.222. The van der Waals surface area contributed by atoms with Crippen LogP contribution in [-0.2, 0) is 4.79 Å². The molecule has 0 aliphatic rings. The first kappa shape index (κ1) is 11.0. The van der Waals surface area contributed by atoms with Crippen LogP contribution in [0.1, 0.15) is 6.92 Å². The molecule has 3 N–H and O–H groups in total. The molecule has 0 radical (unpaired) electrons. The Labute approximate surface area is 86.4 Å². The Morgan fingerprint density at radius 1 is 1.60 bits per heavy atom. The minimum Gasteiger partial charge on any atom is -0.479 e. The normalized spacial score (nSPS) is 11.5. The Morgan fingerprint density at radius 3 is 2.87 bits per heavy atom. The Bertz CT molecular complexity index is 353. The Balaban J connectivity index is 2.52. The molecule has 1 atom stereocenters. The highest BCUT2D eigenvalue weighted by molar-refractivity contribution is 5.95. The number of amides is 3. The lowest BCUT2D eigenvalue weighted by Gasteiger charge is -2.12. The molecule has 0 saturated carbocycles. The van der Waals surface area contributed by atoms with Crippen molar-refractivity contribution < 1.29 is 14.3 Å². The van der Waals surface area contributed by atoms with Gasteiger partial charge in [-0.1, -0.05) is 0 Å². The van der Waals surface area contributed by atoms with Crippen molar-refractivity contribution in [1.29, 1.82) is 0 Å². The van der Waals surface area contributed by atoms with E-state index in [9.17, 15) is 9.59 Å². The molecule has 0 bridgehead atoms. The fourth-order valence-electron chi connectivity index (χ4n) is 0.898. The number of primary amides is 1. The van der Waals surface area contributed by atoms with E-state index >= 15 is 0 Å². The van der Waals surface area contributed by atoms with E-state index in [1.165, 1.54) is 13.1 Å². The number of carbonyl (C=O) groups is 2. The molecule has 15 heavy (non-hydrogen) atoms. The maximum absolute atomic E-state index is 11.2. The number of imide groups is 1. The number of carbonyl (C=O) groups excluding carboxylic acids is 2. The summed E-state index contributed by atoms with van der Waals surface area (Å²) in [6.45, 7) is 1.51. The topological polar surface area (TPSA) is 94.3 Å². The van der Waals surface area contributed by atoms with Crippen LogP contribution in [0, 0.1) is 0 Å². The molecule has 0 aliphatic carbocycles. The van der Waals surface area contributed by atoms with Gasteiger partial charge in [0.2, 0.25) is 0 Å². The van der Waals surface area contributed by atoms with Gasteiger partial charge < -0.3 is 10.5 Å². The molecule has 0 fully saturated rings. The van der Waals surface area contributed by atoms with Crippen LogP contribution in [0.15, 0.2) is 24.5 Å². The summed E-state index contributed by atoms with van der Waals surface area (Å²) in [7, 11) is 0. The number of nitrogens with two attached hydrogens (primary N) is 1. The van der Waals surface area contributed by atoms with Crippen molar-refractivity contribution in [3.05, 3.63) is 24.5 Å². The van der Waals surface area contributed by atoms with E-state index in [4.69, 9.17) is 10.5 Å². The first-order chi connectivity index (χ1) is 7.09. The highest BCUT2D eigenvalue weighted by Gasteiger charge is 2.15. The van der Waals surface area contributed by atoms with Gasteiger partial charge in [-0.2, -0.15) is 0 Å². The van der Waals surface area contributed by atoms with Gasteiger partial charge in [0.15, 0.2) is 6.10 Å². The van der Waals surface area contributed by atoms with E-state index in [2.05, 4.69) is 4.98 Å². The van der Waals surface area contributed by atoms with Crippen molar-refractivity contribution in [3.8, 4) is 5.75 Å². The van der Waals surface area contributed by atoms with Crippen molar-refractivity contribution in [1.82, 2.24) is 10.3 Å². The van der Waals surface area contributed by atoms with E-state index in [-0.39, 0.29) is 0 Å². The summed E-state index contributed by atoms with van der Waals surface area (Å²) in [4.78, 5) is 25.4. The highest BCUT2D eigenvalue weighted by atomic mass is 16.5. The maximum atomic E-state index is 11.2. The highest BCUT2D eigenvalue weighted by Crippen LogP contribution is 2.08. The van der Waals surface area contributed by atoms with Gasteiger partial charge in [0.05, 0.1) is 6.20 Å². The van der Waals surface area contributed by atoms with Crippen LogP contribution in [0.25, 0.3) is 0 Å². The molecule has 6 nitrogen and oxygen atoms in total. The third kappa shape index (κ3) is 3.63. The monoisotopic (exact) mass is 209 g/mol. The predicted octanol–water partition coefficient (Wildman–Crippen LogP) is 0.0438. The summed E-state index contributed by atoms with van der Waals surface area (Å²) in [6.07, 6.45) is 2.25. The zero-order valence-corrected chi connectivity index (χ0v) is 8.14. The second-order valence-corrected chi connectivity index (χ2v) is 2.80. The van der Waals surface area contributed by atoms with Crippen molar-refractivity contribution in [2.75, 3.05) is 0 Å². The second-order valence-electron chi connectivity index (χ2n) is 2.80. The molecule has 1 aromatic heterocycles. The minimum absolute atomic E-state index is 0.449. The summed E-state index contributed by atoms with van der Waals surface area (Å²) in [5.74, 6) is -0.143. The SMILES string of the molecule is CC(Oc1cccnc1)C(=O)NC(N)=O. The lowest BCUT2D eigenvalue weighted by atomic mass is 10.3. The van der Waals surface area contributed by atoms with E-state index in [1.54, 1.807) is 18.3 Å². The van der Waals surface area contributed by atoms with Crippen LogP contribution in [0.3, 0.4) is 0 Å². The first-order valence-electron chi connectivity index (χ1n) is 4.26. The van der Waals surface area contributed by atoms with Crippen molar-refractivity contribution in [2.24, 2.45) is 5.73 Å². The molecular weight excluding hydrogens is 198 g/mol. The molecule has 3 amide bonds. The van der Waals surface area contributed by atoms with E-state index < -0.39 is 18.0 Å². The molecular formula is C9H11N3O3. The zero-order valence-electron chi connectivity index (χ0n) is 8.14. The van der Waals surface area contributed by atoms with Crippen LogP contribution in [0.5, 0.6) is 5.75 Å². The number of aromatic nitrogens is 1. The van der Waals surface area contributed by atoms with E-state index in [0.717, 1.165) is 0 Å².